The zero-order valence-electron chi connectivity index (χ0n) is 7.33. The van der Waals surface area contributed by atoms with Gasteiger partial charge in [0.15, 0.2) is 0 Å². The second-order valence-corrected chi connectivity index (χ2v) is 4.33. The highest BCUT2D eigenvalue weighted by Crippen LogP contribution is 2.56. The van der Waals surface area contributed by atoms with E-state index < -0.39 is 18.1 Å². The lowest BCUT2D eigenvalue weighted by Crippen LogP contribution is -2.30. The molecule has 0 aromatic carbocycles. The molecule has 0 bridgehead atoms. The molecule has 0 radical (unpaired) electrons. The van der Waals surface area contributed by atoms with Gasteiger partial charge in [0.2, 0.25) is 0 Å². The van der Waals surface area contributed by atoms with E-state index in [-0.39, 0.29) is 11.8 Å². The molecule has 0 aromatic rings. The quantitative estimate of drug-likeness (QED) is 0.695. The molecule has 1 unspecified atom stereocenters. The van der Waals surface area contributed by atoms with Crippen molar-refractivity contribution in [3.05, 3.63) is 0 Å². The number of hydrogen-bond acceptors (Lipinski definition) is 1. The van der Waals surface area contributed by atoms with Crippen LogP contribution < -0.4 is 5.73 Å². The van der Waals surface area contributed by atoms with Gasteiger partial charge in [0.25, 0.3) is 0 Å². The van der Waals surface area contributed by atoms with Gasteiger partial charge in [-0.15, -0.1) is 0 Å². The first-order valence-corrected chi connectivity index (χ1v) is 4.02. The zero-order valence-corrected chi connectivity index (χ0v) is 7.33. The molecule has 12 heavy (non-hydrogen) atoms. The summed E-state index contributed by atoms with van der Waals surface area (Å²) < 4.78 is 35.4. The fourth-order valence-corrected chi connectivity index (χ4v) is 1.54. The van der Waals surface area contributed by atoms with Crippen LogP contribution in [0.1, 0.15) is 33.1 Å². The summed E-state index contributed by atoms with van der Waals surface area (Å²) >= 11 is 0. The minimum absolute atomic E-state index is 0.0590. The summed E-state index contributed by atoms with van der Waals surface area (Å²) in [6.07, 6.45) is -4.06. The highest BCUT2D eigenvalue weighted by Gasteiger charge is 2.58. The van der Waals surface area contributed by atoms with Crippen LogP contribution in [0, 0.1) is 5.41 Å². The molecule has 0 saturated heterocycles. The molecule has 72 valence electrons. The summed E-state index contributed by atoms with van der Waals surface area (Å²) in [6, 6.07) is 0. The molecule has 0 spiro atoms. The number of alkyl halides is 3. The van der Waals surface area contributed by atoms with Gasteiger partial charge in [-0.1, -0.05) is 13.8 Å². The summed E-state index contributed by atoms with van der Waals surface area (Å²) in [5, 5.41) is 0. The minimum Gasteiger partial charge on any atom is -0.325 e. The lowest BCUT2D eigenvalue weighted by molar-refractivity contribution is -0.137. The SMILES string of the molecule is CC1(C)CC1(N)CCC(F)(F)F. The van der Waals surface area contributed by atoms with Crippen molar-refractivity contribution in [1.82, 2.24) is 0 Å². The molecule has 4 heteroatoms. The van der Waals surface area contributed by atoms with Crippen LogP contribution in [-0.2, 0) is 0 Å². The molecule has 1 nitrogen and oxygen atoms in total. The molecule has 1 aliphatic carbocycles. The van der Waals surface area contributed by atoms with Gasteiger partial charge in [-0.3, -0.25) is 0 Å². The van der Waals surface area contributed by atoms with Crippen LogP contribution in [-0.4, -0.2) is 11.7 Å². The molecule has 0 heterocycles. The lowest BCUT2D eigenvalue weighted by Gasteiger charge is -2.15. The Morgan fingerprint density at radius 1 is 1.33 bits per heavy atom. The minimum atomic E-state index is -4.06. The van der Waals surface area contributed by atoms with Gasteiger partial charge in [-0.2, -0.15) is 13.2 Å². The Bertz CT molecular complexity index is 185. The van der Waals surface area contributed by atoms with Crippen molar-refractivity contribution in [2.45, 2.75) is 44.8 Å². The van der Waals surface area contributed by atoms with Crippen molar-refractivity contribution >= 4 is 0 Å². The summed E-state index contributed by atoms with van der Waals surface area (Å²) in [6.45, 7) is 3.81. The average molecular weight is 181 g/mol. The zero-order chi connectivity index (χ0) is 9.62. The summed E-state index contributed by atoms with van der Waals surface area (Å²) in [7, 11) is 0. The van der Waals surface area contributed by atoms with E-state index in [9.17, 15) is 13.2 Å². The number of halogens is 3. The van der Waals surface area contributed by atoms with Crippen molar-refractivity contribution in [3.63, 3.8) is 0 Å². The highest BCUT2D eigenvalue weighted by atomic mass is 19.4. The van der Waals surface area contributed by atoms with Gasteiger partial charge in [-0.05, 0) is 18.3 Å². The van der Waals surface area contributed by atoms with Gasteiger partial charge in [0.1, 0.15) is 0 Å². The molecule has 0 aromatic heterocycles. The molecule has 1 saturated carbocycles. The van der Waals surface area contributed by atoms with Gasteiger partial charge < -0.3 is 5.73 Å². The van der Waals surface area contributed by atoms with Crippen LogP contribution in [0.25, 0.3) is 0 Å². The third-order valence-electron chi connectivity index (χ3n) is 2.83. The maximum Gasteiger partial charge on any atom is 0.389 e. The molecule has 1 atom stereocenters. The van der Waals surface area contributed by atoms with Crippen molar-refractivity contribution in [2.75, 3.05) is 0 Å². The van der Waals surface area contributed by atoms with Crippen molar-refractivity contribution in [1.29, 1.82) is 0 Å². The first-order valence-electron chi connectivity index (χ1n) is 4.02. The standard InChI is InChI=1S/C8H14F3N/c1-6(2)5-7(6,12)3-4-8(9,10)11/h3-5,12H2,1-2H3. The second-order valence-electron chi connectivity index (χ2n) is 4.33. The van der Waals surface area contributed by atoms with Crippen LogP contribution in [0.5, 0.6) is 0 Å². The molecular weight excluding hydrogens is 167 g/mol. The van der Waals surface area contributed by atoms with Crippen LogP contribution in [0.15, 0.2) is 0 Å². The molecule has 1 fully saturated rings. The smallest absolute Gasteiger partial charge is 0.325 e. The van der Waals surface area contributed by atoms with Crippen molar-refractivity contribution in [3.8, 4) is 0 Å². The Kier molecular flexibility index (Phi) is 1.95. The summed E-state index contributed by atoms with van der Waals surface area (Å²) in [5.74, 6) is 0. The predicted octanol–water partition coefficient (Wildman–Crippen LogP) is 2.46. The molecule has 0 aliphatic heterocycles. The lowest BCUT2D eigenvalue weighted by atomic mass is 10.0. The Labute approximate surface area is 70.1 Å². The first-order chi connectivity index (χ1) is 5.16. The molecular formula is C8H14F3N. The summed E-state index contributed by atoms with van der Waals surface area (Å²) in [5.41, 5.74) is 5.07. The number of rotatable bonds is 2. The Morgan fingerprint density at radius 3 is 2.00 bits per heavy atom. The second kappa shape index (κ2) is 2.37. The van der Waals surface area contributed by atoms with E-state index in [1.807, 2.05) is 13.8 Å². The Morgan fingerprint density at radius 2 is 1.75 bits per heavy atom. The maximum absolute atomic E-state index is 11.8. The van der Waals surface area contributed by atoms with E-state index in [2.05, 4.69) is 0 Å². The van der Waals surface area contributed by atoms with Crippen LogP contribution >= 0.6 is 0 Å². The topological polar surface area (TPSA) is 26.0 Å². The predicted molar refractivity (Wildman–Crippen MR) is 40.6 cm³/mol. The summed E-state index contributed by atoms with van der Waals surface area (Å²) in [4.78, 5) is 0. The van der Waals surface area contributed by atoms with Crippen molar-refractivity contribution in [2.24, 2.45) is 11.1 Å². The highest BCUT2D eigenvalue weighted by molar-refractivity contribution is 5.14. The van der Waals surface area contributed by atoms with E-state index in [0.29, 0.717) is 6.42 Å². The first kappa shape index (κ1) is 9.84. The Hall–Kier alpha value is -0.250. The number of hydrogen-bond donors (Lipinski definition) is 1. The van der Waals surface area contributed by atoms with Gasteiger partial charge in [-0.25, -0.2) is 0 Å². The molecule has 1 rings (SSSR count). The van der Waals surface area contributed by atoms with Crippen LogP contribution in [0.4, 0.5) is 13.2 Å². The monoisotopic (exact) mass is 181 g/mol. The fourth-order valence-electron chi connectivity index (χ4n) is 1.54. The fraction of sp³-hybridized carbons (Fsp3) is 1.00. The van der Waals surface area contributed by atoms with E-state index in [1.165, 1.54) is 0 Å². The molecule has 1 aliphatic rings. The van der Waals surface area contributed by atoms with Crippen LogP contribution in [0.3, 0.4) is 0 Å². The van der Waals surface area contributed by atoms with Gasteiger partial charge in [0, 0.05) is 12.0 Å². The molecule has 0 amide bonds. The largest absolute Gasteiger partial charge is 0.389 e. The van der Waals surface area contributed by atoms with E-state index >= 15 is 0 Å². The van der Waals surface area contributed by atoms with Gasteiger partial charge >= 0.3 is 6.18 Å². The third-order valence-corrected chi connectivity index (χ3v) is 2.83. The van der Waals surface area contributed by atoms with E-state index in [4.69, 9.17) is 5.73 Å². The van der Waals surface area contributed by atoms with E-state index in [0.717, 1.165) is 0 Å². The number of nitrogens with two attached hydrogens (primary N) is 1. The Balaban J connectivity index is 2.36. The van der Waals surface area contributed by atoms with Gasteiger partial charge in [0.05, 0.1) is 0 Å². The third kappa shape index (κ3) is 1.91. The van der Waals surface area contributed by atoms with E-state index in [1.54, 1.807) is 0 Å². The van der Waals surface area contributed by atoms with Crippen molar-refractivity contribution < 1.29 is 13.2 Å². The average Bonchev–Trinajstić information content (AvgIpc) is 2.28. The maximum atomic E-state index is 11.8. The normalized spacial score (nSPS) is 33.5. The molecule has 2 N–H and O–H groups in total. The van der Waals surface area contributed by atoms with Crippen LogP contribution in [0.2, 0.25) is 0 Å².